The Hall–Kier alpha value is -2.68. The molecule has 1 spiro atoms. The Labute approximate surface area is 157 Å². The summed E-state index contributed by atoms with van der Waals surface area (Å²) in [6.45, 7) is 1.52. The summed E-state index contributed by atoms with van der Waals surface area (Å²) < 4.78 is 5.53. The highest BCUT2D eigenvalue weighted by Gasteiger charge is 2.50. The second-order valence-electron chi connectivity index (χ2n) is 7.07. The molecule has 9 heteroatoms. The van der Waals surface area contributed by atoms with Gasteiger partial charge in [-0.1, -0.05) is 0 Å². The van der Waals surface area contributed by atoms with Gasteiger partial charge in [-0.3, -0.25) is 14.4 Å². The fourth-order valence-corrected chi connectivity index (χ4v) is 3.57. The summed E-state index contributed by atoms with van der Waals surface area (Å²) in [6.07, 6.45) is 3.18. The number of piperidine rings is 1. The Bertz CT molecular complexity index is 668. The van der Waals surface area contributed by atoms with Gasteiger partial charge < -0.3 is 24.7 Å². The number of likely N-dealkylation sites (N-methyl/N-ethyl adjacent to an activating group) is 1. The first kappa shape index (κ1) is 20.6. The highest BCUT2D eigenvalue weighted by atomic mass is 16.6. The molecule has 0 aliphatic carbocycles. The molecule has 3 heterocycles. The molecule has 1 aromatic rings. The van der Waals surface area contributed by atoms with Crippen molar-refractivity contribution in [3.05, 3.63) is 24.0 Å². The Morgan fingerprint density at radius 2 is 2.04 bits per heavy atom. The molecule has 3 rings (SSSR count). The molecular formula is C18H25N3O6. The maximum Gasteiger partial charge on any atom is 0.312 e. The minimum atomic E-state index is -0.445. The second kappa shape index (κ2) is 8.81. The lowest BCUT2D eigenvalue weighted by atomic mass is 9.76. The molecule has 27 heavy (non-hydrogen) atoms. The van der Waals surface area contributed by atoms with Crippen LogP contribution in [0.3, 0.4) is 0 Å². The van der Waals surface area contributed by atoms with Gasteiger partial charge in [0.05, 0.1) is 11.6 Å². The van der Waals surface area contributed by atoms with E-state index in [9.17, 15) is 14.7 Å². The fourth-order valence-electron chi connectivity index (χ4n) is 3.57. The first-order valence-corrected chi connectivity index (χ1v) is 8.69. The van der Waals surface area contributed by atoms with Crippen molar-refractivity contribution in [1.29, 1.82) is 0 Å². The second-order valence-corrected chi connectivity index (χ2v) is 7.07. The number of pyridine rings is 1. The monoisotopic (exact) mass is 379 g/mol. The lowest BCUT2D eigenvalue weighted by Crippen LogP contribution is -2.45. The first-order chi connectivity index (χ1) is 12.8. The Morgan fingerprint density at radius 3 is 2.56 bits per heavy atom. The van der Waals surface area contributed by atoms with Gasteiger partial charge in [-0.2, -0.15) is 0 Å². The number of aromatic nitrogens is 1. The zero-order valence-corrected chi connectivity index (χ0v) is 15.5. The molecule has 2 aliphatic rings. The van der Waals surface area contributed by atoms with Crippen molar-refractivity contribution in [2.24, 2.45) is 5.41 Å². The van der Waals surface area contributed by atoms with Gasteiger partial charge in [-0.05, 0) is 39.1 Å². The number of aromatic hydroxyl groups is 1. The van der Waals surface area contributed by atoms with Crippen LogP contribution >= 0.6 is 0 Å². The van der Waals surface area contributed by atoms with Gasteiger partial charge in [0.25, 0.3) is 12.4 Å². The van der Waals surface area contributed by atoms with Crippen molar-refractivity contribution in [3.63, 3.8) is 0 Å². The number of esters is 1. The summed E-state index contributed by atoms with van der Waals surface area (Å²) >= 11 is 0. The van der Waals surface area contributed by atoms with Gasteiger partial charge in [0.2, 0.25) is 0 Å². The quantitative estimate of drug-likeness (QED) is 0.578. The molecule has 0 aromatic carbocycles. The highest BCUT2D eigenvalue weighted by molar-refractivity contribution is 5.92. The van der Waals surface area contributed by atoms with Crippen molar-refractivity contribution in [2.75, 3.05) is 33.7 Å². The topological polar surface area (TPSA) is 120 Å². The maximum atomic E-state index is 12.5. The number of ether oxygens (including phenoxy) is 1. The normalized spacial score (nSPS) is 20.8. The average molecular weight is 379 g/mol. The van der Waals surface area contributed by atoms with Crippen LogP contribution in [0.15, 0.2) is 18.3 Å². The third-order valence-corrected chi connectivity index (χ3v) is 4.87. The highest BCUT2D eigenvalue weighted by Crippen LogP contribution is 2.43. The molecule has 1 amide bonds. The van der Waals surface area contributed by atoms with Crippen LogP contribution in [0.25, 0.3) is 0 Å². The van der Waals surface area contributed by atoms with E-state index in [4.69, 9.17) is 14.6 Å². The van der Waals surface area contributed by atoms with E-state index >= 15 is 0 Å². The van der Waals surface area contributed by atoms with Crippen LogP contribution in [0.2, 0.25) is 0 Å². The number of hydrogen-bond donors (Lipinski definition) is 2. The number of cyclic esters (lactones) is 1. The van der Waals surface area contributed by atoms with Crippen LogP contribution in [0.4, 0.5) is 0 Å². The SMILES string of the molecule is CN(C)CC1CC2(CCN(C(=O)c3ccc(O)cn3)CC2)C(=O)O1.O=CO. The van der Waals surface area contributed by atoms with Crippen LogP contribution in [0, 0.1) is 5.41 Å². The van der Waals surface area contributed by atoms with E-state index in [2.05, 4.69) is 4.98 Å². The largest absolute Gasteiger partial charge is 0.506 e. The summed E-state index contributed by atoms with van der Waals surface area (Å²) in [6, 6.07) is 2.96. The Balaban J connectivity index is 0.000000817. The van der Waals surface area contributed by atoms with Crippen LogP contribution in [-0.2, 0) is 14.3 Å². The summed E-state index contributed by atoms with van der Waals surface area (Å²) in [7, 11) is 3.93. The van der Waals surface area contributed by atoms with Gasteiger partial charge in [0, 0.05) is 26.1 Å². The number of likely N-dealkylation sites (tertiary alicyclic amines) is 1. The van der Waals surface area contributed by atoms with E-state index in [-0.39, 0.29) is 30.2 Å². The molecule has 0 bridgehead atoms. The molecule has 2 N–H and O–H groups in total. The minimum Gasteiger partial charge on any atom is -0.506 e. The van der Waals surface area contributed by atoms with Crippen molar-refractivity contribution in [3.8, 4) is 5.75 Å². The smallest absolute Gasteiger partial charge is 0.312 e. The lowest BCUT2D eigenvalue weighted by molar-refractivity contribution is -0.150. The van der Waals surface area contributed by atoms with Crippen molar-refractivity contribution >= 4 is 18.3 Å². The Morgan fingerprint density at radius 1 is 1.41 bits per heavy atom. The third kappa shape index (κ3) is 4.94. The molecule has 2 aliphatic heterocycles. The van der Waals surface area contributed by atoms with Crippen molar-refractivity contribution in [1.82, 2.24) is 14.8 Å². The third-order valence-electron chi connectivity index (χ3n) is 4.87. The molecular weight excluding hydrogens is 354 g/mol. The maximum absolute atomic E-state index is 12.5. The van der Waals surface area contributed by atoms with E-state index in [1.807, 2.05) is 19.0 Å². The number of hydrogen-bond acceptors (Lipinski definition) is 7. The molecule has 1 atom stereocenters. The average Bonchev–Trinajstić information content (AvgIpc) is 2.90. The molecule has 0 saturated carbocycles. The van der Waals surface area contributed by atoms with Gasteiger partial charge >= 0.3 is 5.97 Å². The van der Waals surface area contributed by atoms with E-state index in [1.54, 1.807) is 4.90 Å². The van der Waals surface area contributed by atoms with E-state index in [0.717, 1.165) is 13.0 Å². The zero-order valence-electron chi connectivity index (χ0n) is 15.5. The van der Waals surface area contributed by atoms with E-state index in [1.165, 1.54) is 18.3 Å². The summed E-state index contributed by atoms with van der Waals surface area (Å²) in [5.74, 6) is -0.255. The molecule has 148 valence electrons. The predicted octanol–water partition coefficient (Wildman–Crippen LogP) is 0.587. The van der Waals surface area contributed by atoms with Gasteiger partial charge in [-0.25, -0.2) is 4.98 Å². The van der Waals surface area contributed by atoms with Crippen molar-refractivity contribution < 1.29 is 29.3 Å². The van der Waals surface area contributed by atoms with E-state index in [0.29, 0.717) is 31.6 Å². The summed E-state index contributed by atoms with van der Waals surface area (Å²) in [5.41, 5.74) is -0.136. The standard InChI is InChI=1S/C17H23N3O4.CH2O2/c1-19(2)11-13-9-17(16(23)24-13)5-7-20(8-6-17)15(22)14-4-3-12(21)10-18-14;2-1-3/h3-4,10,13,21H,5-9,11H2,1-2H3;1H,(H,2,3). The number of carboxylic acid groups (broad SMARTS) is 1. The predicted molar refractivity (Wildman–Crippen MR) is 95.2 cm³/mol. The number of carbonyl (C=O) groups excluding carboxylic acids is 2. The fraction of sp³-hybridized carbons (Fsp3) is 0.556. The van der Waals surface area contributed by atoms with Gasteiger partial charge in [0.1, 0.15) is 17.5 Å². The van der Waals surface area contributed by atoms with Crippen molar-refractivity contribution in [2.45, 2.75) is 25.4 Å². The van der Waals surface area contributed by atoms with Crippen LogP contribution in [-0.4, -0.2) is 83.2 Å². The molecule has 9 nitrogen and oxygen atoms in total. The van der Waals surface area contributed by atoms with Gasteiger partial charge in [0.15, 0.2) is 0 Å². The van der Waals surface area contributed by atoms with Crippen LogP contribution in [0.5, 0.6) is 5.75 Å². The van der Waals surface area contributed by atoms with Crippen LogP contribution in [0.1, 0.15) is 29.8 Å². The van der Waals surface area contributed by atoms with Gasteiger partial charge in [-0.15, -0.1) is 0 Å². The van der Waals surface area contributed by atoms with E-state index < -0.39 is 5.41 Å². The molecule has 1 aromatic heterocycles. The minimum absolute atomic E-state index is 0.0322. The lowest BCUT2D eigenvalue weighted by Gasteiger charge is -2.36. The van der Waals surface area contributed by atoms with Crippen LogP contribution < -0.4 is 0 Å². The number of carbonyl (C=O) groups is 3. The number of rotatable bonds is 3. The first-order valence-electron chi connectivity index (χ1n) is 8.69. The number of amides is 1. The summed E-state index contributed by atoms with van der Waals surface area (Å²) in [4.78, 5) is 40.9. The number of nitrogens with zero attached hydrogens (tertiary/aromatic N) is 3. The molecule has 0 radical (unpaired) electrons. The molecule has 2 fully saturated rings. The molecule has 1 unspecified atom stereocenters. The Kier molecular flexibility index (Phi) is 6.73. The summed E-state index contributed by atoms with van der Waals surface area (Å²) in [5, 5.41) is 16.2. The zero-order chi connectivity index (χ0) is 20.0. The molecule has 2 saturated heterocycles.